The van der Waals surface area contributed by atoms with Gasteiger partial charge in [0.2, 0.25) is 0 Å². The van der Waals surface area contributed by atoms with Gasteiger partial charge in [-0.15, -0.1) is 0 Å². The molecule has 0 aliphatic rings. The van der Waals surface area contributed by atoms with Gasteiger partial charge in [0.05, 0.1) is 0 Å². The Morgan fingerprint density at radius 3 is 1.00 bits per heavy atom. The molecule has 0 bridgehead atoms. The molecule has 0 aromatic heterocycles. The van der Waals surface area contributed by atoms with Crippen molar-refractivity contribution in [1.82, 2.24) is 0 Å². The van der Waals surface area contributed by atoms with E-state index in [0.29, 0.717) is 0 Å². The molecule has 0 heterocycles. The molecule has 0 saturated heterocycles. The van der Waals surface area contributed by atoms with E-state index in [0.717, 1.165) is 0 Å². The van der Waals surface area contributed by atoms with Crippen LogP contribution in [0.2, 0.25) is 0 Å². The van der Waals surface area contributed by atoms with Gasteiger partial charge in [0.25, 0.3) is 0 Å². The number of halogens is 3. The van der Waals surface area contributed by atoms with Crippen LogP contribution in [0.5, 0.6) is 0 Å². The van der Waals surface area contributed by atoms with Crippen LogP contribution in [0, 0.1) is 0 Å². The van der Waals surface area contributed by atoms with Gasteiger partial charge >= 0.3 is 14.1 Å². The zero-order valence-corrected chi connectivity index (χ0v) is 3.54. The van der Waals surface area contributed by atoms with Crippen LogP contribution in [0.25, 0.3) is 0 Å². The molecule has 4 heteroatoms. The molecule has 0 aromatic carbocycles. The minimum absolute atomic E-state index is 4.70. The van der Waals surface area contributed by atoms with E-state index in [1.54, 1.807) is 0 Å². The Hall–Kier alpha value is -1.21. The van der Waals surface area contributed by atoms with Gasteiger partial charge in [0, 0.05) is 0 Å². The van der Waals surface area contributed by atoms with Crippen LogP contribution < -0.4 is 0 Å². The van der Waals surface area contributed by atoms with Crippen LogP contribution in [0.3, 0.4) is 0 Å². The van der Waals surface area contributed by atoms with E-state index < -0.39 is 0 Å². The molecule has 0 rings (SSSR count). The summed E-state index contributed by atoms with van der Waals surface area (Å²) in [4.78, 5) is 0. The van der Waals surface area contributed by atoms with Crippen LogP contribution in [0.1, 0.15) is 0 Å². The minimum atomic E-state index is -4.70. The first-order chi connectivity index (χ1) is 1.73. The van der Waals surface area contributed by atoms with E-state index >= 15 is 0 Å². The molecule has 0 nitrogen and oxygen atoms in total. The summed E-state index contributed by atoms with van der Waals surface area (Å²) < 4.78 is 24.7. The molecular formula is F3Lr. The van der Waals surface area contributed by atoms with E-state index in [1.165, 1.54) is 0 Å². The summed E-state index contributed by atoms with van der Waals surface area (Å²) in [5.74, 6) is 0. The fourth-order valence-electron chi connectivity index (χ4n) is 0. The third-order valence-electron chi connectivity index (χ3n) is 0. The molecule has 0 N–H and O–H groups in total. The molecule has 0 radical (unpaired) electrons. The van der Waals surface area contributed by atoms with E-state index in [1.807, 2.05) is 0 Å². The molecule has 0 unspecified atom stereocenters. The summed E-state index contributed by atoms with van der Waals surface area (Å²) >= 11 is 0. The van der Waals surface area contributed by atoms with Gasteiger partial charge in [-0.3, -0.25) is 0 Å². The molecule has 0 saturated carbocycles. The van der Waals surface area contributed by atoms with E-state index in [-0.39, 0.29) is 0 Å². The molecule has 0 aliphatic carbocycles. The molecule has 0 amide bonds. The van der Waals surface area contributed by atoms with E-state index in [9.17, 15) is 14.1 Å². The normalized spacial score (nSPS) is 6.75. The van der Waals surface area contributed by atoms with Gasteiger partial charge in [-0.05, 0) is 0 Å². The van der Waals surface area contributed by atoms with Crippen LogP contribution in [0.4, 0.5) is 14.1 Å². The molecule has 0 aliphatic heterocycles. The van der Waals surface area contributed by atoms with Crippen LogP contribution in [-0.4, -0.2) is 0 Å². The average molecular weight is 319 g/mol. The fraction of sp³-hybridized carbons (Fsp3) is 0. The second-order valence-corrected chi connectivity index (χ2v) is 1.03. The Bertz CT molecular complexity index is 8.00. The number of hydrogen-bond acceptors (Lipinski definition) is 0. The van der Waals surface area contributed by atoms with Crippen molar-refractivity contribution < 1.29 is 14.1 Å². The first kappa shape index (κ1) is 2.79. The van der Waals surface area contributed by atoms with Crippen molar-refractivity contribution in [3.8, 4) is 0 Å². The Kier molecular flexibility index (Phi) is 0.243. The van der Waals surface area contributed by atoms with Crippen molar-refractivity contribution in [2.75, 3.05) is 0 Å². The maximum atomic E-state index is 9.81. The van der Waals surface area contributed by atoms with Crippen molar-refractivity contribution >= 4 is 0 Å². The van der Waals surface area contributed by atoms with Gasteiger partial charge < -0.3 is 0 Å². The van der Waals surface area contributed by atoms with E-state index in [4.69, 9.17) is 0 Å². The number of rotatable bonds is 0. The van der Waals surface area contributed by atoms with Crippen molar-refractivity contribution in [1.29, 1.82) is 0 Å². The molecule has 0 atom stereocenters. The fourth-order valence-corrected chi connectivity index (χ4v) is 0. The molecule has 4 heavy (non-hydrogen) atoms. The van der Waals surface area contributed by atoms with Crippen LogP contribution >= 0.6 is 0 Å². The average Bonchev–Trinajstić information content (AvgIpc) is 0.811. The quantitative estimate of drug-likeness (QED) is 0.631. The summed E-state index contributed by atoms with van der Waals surface area (Å²) in [6.07, 6.45) is 0. The molecular weight excluding hydrogens is 319 g/mol. The Balaban J connectivity index is 2.32. The second-order valence-electron chi connectivity index (χ2n) is 0.111. The summed E-state index contributed by atoms with van der Waals surface area (Å²) in [6, 6.07) is 0. The molecule has 0 spiro atoms. The predicted molar refractivity (Wildman–Crippen MR) is 3.32 cm³/mol. The molecule has 0 fully saturated rings. The zero-order valence-electron chi connectivity index (χ0n) is 1.39. The van der Waals surface area contributed by atoms with Gasteiger partial charge in [0.15, 0.2) is 0 Å². The summed E-state index contributed by atoms with van der Waals surface area (Å²) in [5.41, 5.74) is 0. The maximum absolute atomic E-state index is 9.81. The van der Waals surface area contributed by atoms with Gasteiger partial charge in [-0.25, -0.2) is 0 Å². The van der Waals surface area contributed by atoms with Crippen molar-refractivity contribution in [2.24, 2.45) is 0 Å². The summed E-state index contributed by atoms with van der Waals surface area (Å²) in [6.45, 7) is 0. The van der Waals surface area contributed by atoms with Gasteiger partial charge in [0.1, 0.15) is 0 Å². The zero-order chi connectivity index (χ0) is 3.58. The summed E-state index contributed by atoms with van der Waals surface area (Å²) in [7, 11) is 0. The van der Waals surface area contributed by atoms with Crippen molar-refractivity contribution in [3.63, 3.8) is 0 Å². The first-order valence-electron chi connectivity index (χ1n) is 0.293. The van der Waals surface area contributed by atoms with E-state index in [2.05, 4.69) is 0 Å². The Morgan fingerprint density at radius 1 is 1.00 bits per heavy atom. The van der Waals surface area contributed by atoms with Crippen LogP contribution in [-0.2, 0) is 0 Å². The topological polar surface area (TPSA) is 0 Å². The van der Waals surface area contributed by atoms with Gasteiger partial charge in [-0.1, -0.05) is 0 Å². The standard InChI is InChI=1S/3FH.Lr/h3*1H;/q;;;+3/p-3. The second kappa shape index (κ2) is 0.349. The first-order valence-corrected chi connectivity index (χ1v) is 2.73. The predicted octanol–water partition coefficient (Wildman–Crippen LogP) is 1.26. The summed E-state index contributed by atoms with van der Waals surface area (Å²) in [5, 5.41) is 0. The number of hydrogen-bond donors (Lipinski definition) is 0. The SMILES string of the molecule is [F][Lr]([F])[F]. The third-order valence-corrected chi connectivity index (χ3v) is 0. The third kappa shape index (κ3) is 0.0238. The molecule has 36 valence electrons. The van der Waals surface area contributed by atoms with Gasteiger partial charge in [-0.2, -0.15) is 0 Å². The van der Waals surface area contributed by atoms with Crippen LogP contribution in [0.15, 0.2) is 0 Å². The Morgan fingerprint density at radius 2 is 1.00 bits per heavy atom. The molecule has 0 aromatic rings. The van der Waals surface area contributed by atoms with Crippen molar-refractivity contribution in [2.45, 2.75) is 0 Å². The Labute approximate surface area is 15.6 Å². The van der Waals surface area contributed by atoms with Crippen molar-refractivity contribution in [3.05, 3.63) is 0 Å². The monoisotopic (exact) mass is 319 g/mol.